The van der Waals surface area contributed by atoms with Gasteiger partial charge in [-0.1, -0.05) is 73.9 Å². The summed E-state index contributed by atoms with van der Waals surface area (Å²) in [5.74, 6) is -8.05. The van der Waals surface area contributed by atoms with Gasteiger partial charge in [-0.05, 0) is 80.2 Å². The van der Waals surface area contributed by atoms with E-state index in [1.807, 2.05) is 58.1 Å². The minimum Gasteiger partial charge on any atom is -0.456 e. The maximum Gasteiger partial charge on any atom is 0.303 e. The normalized spacial score (nSPS) is 42.9. The summed E-state index contributed by atoms with van der Waals surface area (Å²) in [5, 5.41) is 59.7. The number of allylic oxidation sites excluding steroid dienone is 8. The van der Waals surface area contributed by atoms with Crippen LogP contribution in [0.5, 0.6) is 0 Å². The van der Waals surface area contributed by atoms with Crippen LogP contribution in [-0.2, 0) is 85.5 Å². The third kappa shape index (κ3) is 20.1. The van der Waals surface area contributed by atoms with Crippen molar-refractivity contribution in [3.05, 3.63) is 58.7 Å². The molecule has 1 aliphatic carbocycles. The summed E-state index contributed by atoms with van der Waals surface area (Å²) in [6.45, 7) is 23.0. The summed E-state index contributed by atoms with van der Waals surface area (Å²) in [7, 11) is 5.85. The fourth-order valence-corrected chi connectivity index (χ4v) is 13.0. The van der Waals surface area contributed by atoms with Crippen molar-refractivity contribution in [1.29, 1.82) is 0 Å². The zero-order valence-electron chi connectivity index (χ0n) is 55.0. The molecule has 25 atom stereocenters. The number of Topliss-reactive ketones (excluding diaryl/α,β-unsaturated/α-hetero) is 1. The minimum absolute atomic E-state index is 0.00160. The molecule has 0 spiro atoms. The van der Waals surface area contributed by atoms with Crippen molar-refractivity contribution in [2.24, 2.45) is 23.7 Å². The highest BCUT2D eigenvalue weighted by atomic mass is 16.7. The number of aliphatic hydroxyl groups excluding tert-OH is 3. The van der Waals surface area contributed by atoms with E-state index in [0.717, 1.165) is 11.1 Å². The molecule has 5 aliphatic rings. The van der Waals surface area contributed by atoms with Crippen LogP contribution in [0.25, 0.3) is 0 Å². The first-order valence-electron chi connectivity index (χ1n) is 30.9. The molecule has 0 aromatic rings. The molecule has 0 amide bonds. The Morgan fingerprint density at radius 1 is 0.727 bits per heavy atom. The number of methoxy groups -OCH3 is 4. The predicted molar refractivity (Wildman–Crippen MR) is 319 cm³/mol. The van der Waals surface area contributed by atoms with Crippen LogP contribution in [-0.4, -0.2) is 212 Å². The molecule has 0 radical (unpaired) electrons. The van der Waals surface area contributed by atoms with Crippen LogP contribution in [0.4, 0.5) is 0 Å². The molecular weight excluding hydrogens is 1150 g/mol. The number of hydrogen-bond donors (Lipinski definition) is 5. The fraction of sp³-hybridized carbons (Fsp3) is 0.785. The van der Waals surface area contributed by atoms with Gasteiger partial charge >= 0.3 is 17.9 Å². The largest absolute Gasteiger partial charge is 0.456 e. The van der Waals surface area contributed by atoms with Crippen LogP contribution < -0.4 is 0 Å². The molecule has 5 N–H and O–H groups in total. The van der Waals surface area contributed by atoms with Crippen molar-refractivity contribution in [2.45, 2.75) is 270 Å². The standard InChI is InChI=1S/C65H104O23/c1-33-20-19-21-48(69)52(76-16)28-46(27-49(70)36(4)25-34(2)24-35(3)26-37(5)50(23-22-33)86-63-60(83-44(12)67)59(82-43(11)66)58(78-18)41(9)81-63)62(84-45(13)68)65(74)39(7)56(71)38(6)51(88-65)29-47(32-75-15)85-55-31-64(14,73)61(42(10)80-55)87-54-30-53(77-17)57(72)40(8)79-54/h20,22-26,37-42,46-48,50-63,69,71-74H,19,21,27-32H2,1-18H3/b23-22+,33-20+,34-24+,35-26+,36-25+/t37-,38+,39-,40-,41+,42+,46?,47-,48+,50-,51?,52+,53-,54+,55+,56+,57-,58+,59-,60+,61+,62-,63+,64+,65-/m1/s1. The quantitative estimate of drug-likeness (QED) is 0.0781. The first-order valence-corrected chi connectivity index (χ1v) is 30.9. The monoisotopic (exact) mass is 1250 g/mol. The van der Waals surface area contributed by atoms with Crippen LogP contribution in [0, 0.1) is 23.7 Å². The van der Waals surface area contributed by atoms with Crippen molar-refractivity contribution in [1.82, 2.24) is 0 Å². The Bertz CT molecular complexity index is 2440. The van der Waals surface area contributed by atoms with Crippen LogP contribution in [0.3, 0.4) is 0 Å². The van der Waals surface area contributed by atoms with Crippen molar-refractivity contribution in [2.75, 3.05) is 35.0 Å². The van der Waals surface area contributed by atoms with Crippen molar-refractivity contribution in [3.63, 3.8) is 0 Å². The van der Waals surface area contributed by atoms with E-state index in [1.54, 1.807) is 54.5 Å². The maximum absolute atomic E-state index is 14.7. The van der Waals surface area contributed by atoms with Gasteiger partial charge in [-0.15, -0.1) is 0 Å². The zero-order chi connectivity index (χ0) is 65.7. The van der Waals surface area contributed by atoms with Crippen molar-refractivity contribution >= 4 is 23.7 Å². The number of hydrogen-bond acceptors (Lipinski definition) is 23. The Morgan fingerprint density at radius 2 is 1.38 bits per heavy atom. The second kappa shape index (κ2) is 33.6. The predicted octanol–water partition coefficient (Wildman–Crippen LogP) is 5.96. The average molecular weight is 1250 g/mol. The Morgan fingerprint density at radius 3 is 1.98 bits per heavy atom. The van der Waals surface area contributed by atoms with Crippen LogP contribution in [0.1, 0.15) is 142 Å². The number of carbonyl (C=O) groups is 4. The van der Waals surface area contributed by atoms with Gasteiger partial charge in [0.15, 0.2) is 43.0 Å². The number of esters is 3. The third-order valence-electron chi connectivity index (χ3n) is 17.7. The summed E-state index contributed by atoms with van der Waals surface area (Å²) < 4.78 is 85.1. The highest BCUT2D eigenvalue weighted by Crippen LogP contribution is 2.45. The number of ketones is 1. The van der Waals surface area contributed by atoms with Gasteiger partial charge < -0.3 is 91.8 Å². The van der Waals surface area contributed by atoms with E-state index in [-0.39, 0.29) is 56.8 Å². The Hall–Kier alpha value is -3.86. The smallest absolute Gasteiger partial charge is 0.303 e. The second-order valence-electron chi connectivity index (χ2n) is 25.2. The first-order chi connectivity index (χ1) is 41.3. The van der Waals surface area contributed by atoms with Gasteiger partial charge in [-0.25, -0.2) is 0 Å². The molecule has 4 fully saturated rings. The topological polar surface area (TPSA) is 299 Å². The van der Waals surface area contributed by atoms with Crippen LogP contribution in [0.15, 0.2) is 58.7 Å². The van der Waals surface area contributed by atoms with E-state index in [9.17, 15) is 44.7 Å². The van der Waals surface area contributed by atoms with E-state index < -0.39 is 164 Å². The Kier molecular flexibility index (Phi) is 28.6. The Labute approximate surface area is 520 Å². The van der Waals surface area contributed by atoms with Gasteiger partial charge in [-0.2, -0.15) is 0 Å². The van der Waals surface area contributed by atoms with E-state index in [0.29, 0.717) is 17.6 Å². The van der Waals surface area contributed by atoms with E-state index in [4.69, 9.17) is 66.3 Å². The molecule has 4 saturated heterocycles. The fourth-order valence-electron chi connectivity index (χ4n) is 13.0. The molecule has 0 bridgehead atoms. The molecule has 4 aliphatic heterocycles. The molecule has 23 nitrogen and oxygen atoms in total. The lowest BCUT2D eigenvalue weighted by Crippen LogP contribution is -2.65. The summed E-state index contributed by atoms with van der Waals surface area (Å²) in [5.41, 5.74) is 1.15. The molecule has 23 heteroatoms. The molecule has 0 saturated carbocycles. The average Bonchev–Trinajstić information content (AvgIpc) is 2.41. The molecule has 502 valence electrons. The highest BCUT2D eigenvalue weighted by Gasteiger charge is 2.59. The van der Waals surface area contributed by atoms with Gasteiger partial charge in [0.05, 0.1) is 73.2 Å². The molecule has 2 unspecified atom stereocenters. The summed E-state index contributed by atoms with van der Waals surface area (Å²) in [6, 6.07) is 0. The molecule has 0 aromatic carbocycles. The molecule has 5 rings (SSSR count). The number of aliphatic hydroxyl groups is 5. The molecule has 4 heterocycles. The summed E-state index contributed by atoms with van der Waals surface area (Å²) >= 11 is 0. The van der Waals surface area contributed by atoms with Crippen LogP contribution >= 0.6 is 0 Å². The summed E-state index contributed by atoms with van der Waals surface area (Å²) in [4.78, 5) is 52.9. The minimum atomic E-state index is -2.44. The lowest BCUT2D eigenvalue weighted by Gasteiger charge is -2.52. The first kappa shape index (κ1) is 74.9. The number of ether oxygens (including phenoxy) is 14. The zero-order valence-corrected chi connectivity index (χ0v) is 55.0. The number of carbonyl (C=O) groups excluding carboxylic acids is 4. The SMILES string of the molecule is COC[C@@H](CC1O[C@@](O)([C@H](OC(C)=O)C2CC(=O)/C(C)=C/C(C)=C/C(C)=C/[C@@H](C)[C@H](O[C@@H]3O[C@@H](C)[C@H](OC)[C@@H](OC(C)=O)[C@@H]3OC(C)=O)/C=C/C(C)=C/CC[C@H](O)[C@@H](OC)C2)[C@H](C)[C@@H](O)[C@H]1C)O[C@H]1C[C@](C)(O)[C@@H](O[C@H]2C[C@@H](OC)[C@H](O)[C@@H](C)O2)[C@H](C)O1. The lowest BCUT2D eigenvalue weighted by molar-refractivity contribution is -0.364. The van der Waals surface area contributed by atoms with Gasteiger partial charge in [0.25, 0.3) is 0 Å². The lowest BCUT2D eigenvalue weighted by atomic mass is 9.73. The molecule has 88 heavy (non-hydrogen) atoms. The highest BCUT2D eigenvalue weighted by molar-refractivity contribution is 5.95. The maximum atomic E-state index is 14.7. The number of rotatable bonds is 18. The van der Waals surface area contributed by atoms with Gasteiger partial charge in [0.2, 0.25) is 5.79 Å². The van der Waals surface area contributed by atoms with Crippen molar-refractivity contribution < 1.29 is 111 Å². The Balaban J connectivity index is 1.45. The molecule has 0 aromatic heterocycles. The van der Waals surface area contributed by atoms with E-state index in [1.165, 1.54) is 49.2 Å². The van der Waals surface area contributed by atoms with Gasteiger partial charge in [-0.3, -0.25) is 19.2 Å². The third-order valence-corrected chi connectivity index (χ3v) is 17.7. The van der Waals surface area contributed by atoms with Gasteiger partial charge in [0.1, 0.15) is 18.3 Å². The summed E-state index contributed by atoms with van der Waals surface area (Å²) in [6.07, 6.45) is -6.16. The van der Waals surface area contributed by atoms with Gasteiger partial charge in [0, 0.05) is 98.6 Å². The second-order valence-corrected chi connectivity index (χ2v) is 25.2. The van der Waals surface area contributed by atoms with E-state index in [2.05, 4.69) is 0 Å². The molecular formula is C65H104O23. The van der Waals surface area contributed by atoms with Crippen molar-refractivity contribution in [3.8, 4) is 0 Å². The van der Waals surface area contributed by atoms with Crippen LogP contribution in [0.2, 0.25) is 0 Å². The van der Waals surface area contributed by atoms with E-state index >= 15 is 0 Å².